The number of hydrogen-bond donors (Lipinski definition) is 12. The molecular formula is C77H100B2N14O18. The average molecular weight is 1530 g/mol. The van der Waals surface area contributed by atoms with Gasteiger partial charge in [-0.3, -0.25) is 47.9 Å². The molecule has 0 radical (unpaired) electrons. The van der Waals surface area contributed by atoms with Crippen LogP contribution in [-0.4, -0.2) is 165 Å². The molecule has 4 aromatic carbocycles. The van der Waals surface area contributed by atoms with E-state index in [0.29, 0.717) is 29.7 Å². The molecule has 34 heteroatoms. The smallest absolute Gasteiger partial charge is 0.419 e. The second kappa shape index (κ2) is 49.5. The number of Topliss-reactive ketones (excluding diaryl/α,β-unsaturated/α-hetero) is 2. The second-order valence-corrected chi connectivity index (χ2v) is 26.3. The van der Waals surface area contributed by atoms with E-state index in [4.69, 9.17) is 30.4 Å². The molecule has 0 bridgehead atoms. The van der Waals surface area contributed by atoms with Crippen molar-refractivity contribution in [3.8, 4) is 0 Å². The Morgan fingerprint density at radius 3 is 1.34 bits per heavy atom. The third-order valence-corrected chi connectivity index (χ3v) is 17.9. The Kier molecular flexibility index (Phi) is 40.2. The molecule has 8 atom stereocenters. The first kappa shape index (κ1) is 90.1. The number of carboxylic acids is 1. The van der Waals surface area contributed by atoms with Crippen LogP contribution < -0.4 is 54.0 Å². The minimum absolute atomic E-state index is 0.00778. The molecule has 2 unspecified atom stereocenters. The van der Waals surface area contributed by atoms with Crippen LogP contribution in [0.15, 0.2) is 146 Å². The number of amides is 8. The van der Waals surface area contributed by atoms with Gasteiger partial charge >= 0.3 is 55.4 Å². The summed E-state index contributed by atoms with van der Waals surface area (Å²) >= 11 is 0. The summed E-state index contributed by atoms with van der Waals surface area (Å²) in [5.41, 5.74) is 15.8. The third-order valence-electron chi connectivity index (χ3n) is 17.9. The van der Waals surface area contributed by atoms with Crippen LogP contribution in [0.3, 0.4) is 0 Å². The summed E-state index contributed by atoms with van der Waals surface area (Å²) in [6.45, 7) is 5.08. The molecule has 2 aliphatic carbocycles. The zero-order valence-electron chi connectivity index (χ0n) is 62.8. The Hall–Kier alpha value is -11.5. The van der Waals surface area contributed by atoms with Crippen molar-refractivity contribution in [2.75, 3.05) is 13.1 Å². The first-order chi connectivity index (χ1) is 53.4. The number of carbonyl (C=O) groups is 13. The number of aliphatic carboxylic acids is 1. The number of ketones is 2. The quantitative estimate of drug-likeness (QED) is 0.0150. The van der Waals surface area contributed by atoms with E-state index < -0.39 is 138 Å². The van der Waals surface area contributed by atoms with Crippen molar-refractivity contribution < 1.29 is 86.3 Å². The van der Waals surface area contributed by atoms with Crippen LogP contribution in [0, 0.1) is 11.8 Å². The molecule has 2 fully saturated rings. The van der Waals surface area contributed by atoms with E-state index in [1.807, 2.05) is 36.4 Å². The van der Waals surface area contributed by atoms with E-state index in [0.717, 1.165) is 94.2 Å². The van der Waals surface area contributed by atoms with Crippen molar-refractivity contribution in [3.63, 3.8) is 0 Å². The van der Waals surface area contributed by atoms with Gasteiger partial charge in [-0.05, 0) is 72.6 Å². The molecule has 111 heavy (non-hydrogen) atoms. The van der Waals surface area contributed by atoms with Crippen molar-refractivity contribution in [2.24, 2.45) is 23.3 Å². The van der Waals surface area contributed by atoms with Gasteiger partial charge in [0.2, 0.25) is 47.0 Å². The van der Waals surface area contributed by atoms with Gasteiger partial charge in [-0.1, -0.05) is 187 Å². The summed E-state index contributed by atoms with van der Waals surface area (Å²) in [5.74, 6) is -10.5. The molecule has 2 aliphatic rings. The fourth-order valence-electron chi connectivity index (χ4n) is 12.1. The monoisotopic (exact) mass is 1530 g/mol. The van der Waals surface area contributed by atoms with E-state index in [2.05, 4.69) is 57.5 Å². The molecule has 8 rings (SSSR count). The topological polar surface area (TPSA) is 490 Å². The maximum atomic E-state index is 13.9. The summed E-state index contributed by atoms with van der Waals surface area (Å²) < 4.78 is 29.6. The summed E-state index contributed by atoms with van der Waals surface area (Å²) in [7, 11) is 1.50. The van der Waals surface area contributed by atoms with Gasteiger partial charge in [0.25, 0.3) is 11.8 Å². The van der Waals surface area contributed by atoms with E-state index in [1.54, 1.807) is 86.6 Å². The number of ether oxygens (including phenoxy) is 2. The fourth-order valence-corrected chi connectivity index (χ4v) is 12.1. The number of nitrogens with one attached hydrogen (secondary N) is 9. The minimum atomic E-state index is -1.35. The molecule has 592 valence electrons. The predicted molar refractivity (Wildman–Crippen MR) is 406 cm³/mol. The molecule has 0 spiro atoms. The SMILES string of the molecule is CB=O.CB=O.CCCC(NC(=O)[C@H](Cc1cn(C(=O)OCc2ccccc2)cn1)NC(=O)[C@@H](N)C1CCCCC1)C(=O)C(=O)NCC(=O)N[C@H](C(=O)OCc1ccccc1)c1ccccc1.CCCC(NC(=O)[C@H](Cc1cnc[nH]1)NC(=O)[C@@H](N)C1CCCCC1)C(=O)C(=O)NCC(=O)N[C@H](C(=O)O)c1ccccc1. The average Bonchev–Trinajstić information content (AvgIpc) is 1.79. The van der Waals surface area contributed by atoms with Gasteiger partial charge in [0, 0.05) is 30.9 Å². The molecular weight excluding hydrogens is 1430 g/mol. The molecule has 8 amide bonds. The Labute approximate surface area is 644 Å². The molecule has 2 aromatic heterocycles. The molecule has 0 aliphatic heterocycles. The number of esters is 1. The van der Waals surface area contributed by atoms with Gasteiger partial charge in [-0.25, -0.2) is 28.9 Å². The fraction of sp³-hybridized carbons (Fsp3) is 0.442. The van der Waals surface area contributed by atoms with Crippen LogP contribution in [0.5, 0.6) is 0 Å². The van der Waals surface area contributed by atoms with Crippen molar-refractivity contribution in [2.45, 2.75) is 192 Å². The Bertz CT molecular complexity index is 3980. The number of imidazole rings is 2. The van der Waals surface area contributed by atoms with E-state index in [1.165, 1.54) is 50.8 Å². The molecule has 2 heterocycles. The first-order valence-electron chi connectivity index (χ1n) is 36.9. The number of benzene rings is 4. The maximum absolute atomic E-state index is 13.9. The minimum Gasteiger partial charge on any atom is -0.479 e. The van der Waals surface area contributed by atoms with Gasteiger partial charge in [0.1, 0.15) is 31.6 Å². The van der Waals surface area contributed by atoms with Gasteiger partial charge in [0.05, 0.1) is 49.3 Å². The summed E-state index contributed by atoms with van der Waals surface area (Å²) in [6.07, 6.45) is 14.9. The number of hydrogen-bond acceptors (Lipinski definition) is 21. The molecule has 0 saturated heterocycles. The summed E-state index contributed by atoms with van der Waals surface area (Å²) in [6, 6.07) is 25.3. The maximum Gasteiger partial charge on any atom is 0.419 e. The van der Waals surface area contributed by atoms with E-state index >= 15 is 0 Å². The first-order valence-corrected chi connectivity index (χ1v) is 36.9. The summed E-state index contributed by atoms with van der Waals surface area (Å²) in [4.78, 5) is 180. The van der Waals surface area contributed by atoms with Crippen molar-refractivity contribution in [3.05, 3.63) is 180 Å². The van der Waals surface area contributed by atoms with E-state index in [-0.39, 0.29) is 56.4 Å². The number of H-pyrrole nitrogens is 1. The van der Waals surface area contributed by atoms with Crippen molar-refractivity contribution in [1.82, 2.24) is 62.1 Å². The van der Waals surface area contributed by atoms with Gasteiger partial charge in [-0.15, -0.1) is 0 Å². The Morgan fingerprint density at radius 1 is 0.532 bits per heavy atom. The van der Waals surface area contributed by atoms with Gasteiger partial charge < -0.3 is 73.6 Å². The van der Waals surface area contributed by atoms with Crippen LogP contribution in [0.25, 0.3) is 0 Å². The molecule has 14 N–H and O–H groups in total. The largest absolute Gasteiger partial charge is 0.479 e. The van der Waals surface area contributed by atoms with Gasteiger partial charge in [0.15, 0.2) is 12.1 Å². The van der Waals surface area contributed by atoms with Crippen LogP contribution in [0.1, 0.15) is 149 Å². The van der Waals surface area contributed by atoms with Crippen molar-refractivity contribution in [1.29, 1.82) is 0 Å². The van der Waals surface area contributed by atoms with Gasteiger partial charge in [-0.2, -0.15) is 0 Å². The zero-order valence-corrected chi connectivity index (χ0v) is 62.8. The molecule has 2 saturated carbocycles. The van der Waals surface area contributed by atoms with E-state index in [9.17, 15) is 67.4 Å². The Morgan fingerprint density at radius 2 is 0.928 bits per heavy atom. The zero-order chi connectivity index (χ0) is 81.0. The standard InChI is InChI=1S/C45H53N7O9.C30H41N7O7.2CH3BO/c1-2-15-35(40(54)43(57)47-25-37(53)51-39(33-22-13-6-14-23-33)44(58)60-27-30-16-7-3-8-17-30)49-41(55)36(50-42(56)38(46)32-20-11-5-12-21-32)24-34-26-52(29-48-34)45(59)61-28-31-18-9-4-10-19-31;1-2-9-21(26(39)29(42)33-16-23(38)37-25(30(43)44)19-12-7-4-8-13-19)35-27(40)22(14-20-15-32-17-34-20)36-28(41)24(31)18-10-5-3-6-11-18;2*1-2-3/h3-4,6-10,13-14,16-19,22-23,26,29,32,35-36,38-39H,2,5,11-12,15,20-21,24-25,27-28,46H2,1H3,(H,47,57)(H,49,55)(H,50,56)(H,51,53);4,7-8,12-13,15,17-18,21-22,24-25H,2-3,5-6,9-11,14,16,31H2,1H3,(H,32,34)(H,33,42)(H,35,40)(H,36,41)(H,37,38)(H,43,44);2*1H3/t35?,36-,38-,39-;21?,22-,24-,25-;;/m00../s1. The Balaban J connectivity index is 0.000000388. The summed E-state index contributed by atoms with van der Waals surface area (Å²) in [5, 5.41) is 29.5. The van der Waals surface area contributed by atoms with Crippen LogP contribution in [0.4, 0.5) is 4.79 Å². The van der Waals surface area contributed by atoms with Crippen molar-refractivity contribution >= 4 is 91.2 Å². The predicted octanol–water partition coefficient (Wildman–Crippen LogP) is 4.00. The number of carbonyl (C=O) groups excluding carboxylic acids is 12. The number of aromatic nitrogens is 4. The second-order valence-electron chi connectivity index (χ2n) is 26.3. The normalized spacial score (nSPS) is 14.5. The van der Waals surface area contributed by atoms with Crippen LogP contribution in [-0.2, 0) is 102 Å². The van der Waals surface area contributed by atoms with Crippen LogP contribution >= 0.6 is 0 Å². The molecule has 6 aromatic rings. The number of aromatic amines is 1. The third kappa shape index (κ3) is 31.5. The number of nitrogens with two attached hydrogens (primary N) is 2. The number of carboxylic acid groups (broad SMARTS) is 1. The number of rotatable bonds is 36. The number of nitrogens with zero attached hydrogens (tertiary/aromatic N) is 3. The van der Waals surface area contributed by atoms with Crippen LogP contribution in [0.2, 0.25) is 13.6 Å². The molecule has 32 nitrogen and oxygen atoms in total.